The van der Waals surface area contributed by atoms with Gasteiger partial charge < -0.3 is 20.7 Å². The van der Waals surface area contributed by atoms with Gasteiger partial charge in [-0.2, -0.15) is 0 Å². The lowest BCUT2D eigenvalue weighted by Crippen LogP contribution is -2.47. The lowest BCUT2D eigenvalue weighted by Gasteiger charge is -2.29. The van der Waals surface area contributed by atoms with Gasteiger partial charge in [-0.25, -0.2) is 9.79 Å². The molecule has 2 rings (SSSR count). The van der Waals surface area contributed by atoms with E-state index in [0.29, 0.717) is 25.7 Å². The molecule has 0 aromatic heterocycles. The summed E-state index contributed by atoms with van der Waals surface area (Å²) in [6.45, 7) is 4.37. The summed E-state index contributed by atoms with van der Waals surface area (Å²) in [5.41, 5.74) is 5.50. The van der Waals surface area contributed by atoms with Crippen molar-refractivity contribution < 1.29 is 9.53 Å². The van der Waals surface area contributed by atoms with Crippen molar-refractivity contribution in [2.45, 2.75) is 25.3 Å². The number of amides is 1. The SMILES string of the molecule is Br.CCOC(=O)N1CCC2(CCNC(N)=N2)C1. The zero-order chi connectivity index (χ0) is 11.6. The van der Waals surface area contributed by atoms with Crippen molar-refractivity contribution in [3.63, 3.8) is 0 Å². The molecule has 0 aromatic rings. The number of hydrogen-bond donors (Lipinski definition) is 2. The number of nitrogens with one attached hydrogen (secondary N) is 1. The number of hydrogen-bond acceptors (Lipinski definition) is 5. The number of likely N-dealkylation sites (tertiary alicyclic amines) is 1. The van der Waals surface area contributed by atoms with Gasteiger partial charge in [0, 0.05) is 19.6 Å². The van der Waals surface area contributed by atoms with Crippen LogP contribution in [0.3, 0.4) is 0 Å². The summed E-state index contributed by atoms with van der Waals surface area (Å²) >= 11 is 0. The molecule has 0 saturated carbocycles. The Balaban J connectivity index is 0.00000144. The highest BCUT2D eigenvalue weighted by atomic mass is 79.9. The molecule has 0 aliphatic carbocycles. The van der Waals surface area contributed by atoms with Crippen molar-refractivity contribution in [2.24, 2.45) is 10.7 Å². The Morgan fingerprint density at radius 3 is 3.06 bits per heavy atom. The number of aliphatic imine (C=N–C) groups is 1. The molecule has 17 heavy (non-hydrogen) atoms. The molecular weight excluding hydrogens is 288 g/mol. The van der Waals surface area contributed by atoms with E-state index in [4.69, 9.17) is 10.5 Å². The highest BCUT2D eigenvalue weighted by molar-refractivity contribution is 8.93. The average Bonchev–Trinajstić information content (AvgIpc) is 2.62. The van der Waals surface area contributed by atoms with Gasteiger partial charge in [0.2, 0.25) is 0 Å². The molecule has 2 aliphatic rings. The molecule has 7 heteroatoms. The highest BCUT2D eigenvalue weighted by Gasteiger charge is 2.41. The molecule has 2 aliphatic heterocycles. The van der Waals surface area contributed by atoms with E-state index < -0.39 is 0 Å². The van der Waals surface area contributed by atoms with Gasteiger partial charge in [0.15, 0.2) is 5.96 Å². The second-order valence-electron chi connectivity index (χ2n) is 4.27. The van der Waals surface area contributed by atoms with Gasteiger partial charge in [-0.1, -0.05) is 0 Å². The van der Waals surface area contributed by atoms with Crippen LogP contribution in [-0.2, 0) is 4.74 Å². The summed E-state index contributed by atoms with van der Waals surface area (Å²) in [5, 5.41) is 3.00. The maximum Gasteiger partial charge on any atom is 0.409 e. The van der Waals surface area contributed by atoms with E-state index >= 15 is 0 Å². The second kappa shape index (κ2) is 5.57. The van der Waals surface area contributed by atoms with Crippen LogP contribution in [0.1, 0.15) is 19.8 Å². The third-order valence-electron chi connectivity index (χ3n) is 3.11. The number of nitrogens with zero attached hydrogens (tertiary/aromatic N) is 2. The van der Waals surface area contributed by atoms with Crippen molar-refractivity contribution in [1.82, 2.24) is 10.2 Å². The maximum atomic E-state index is 11.6. The molecule has 0 radical (unpaired) electrons. The first-order valence-corrected chi connectivity index (χ1v) is 5.66. The van der Waals surface area contributed by atoms with Crippen LogP contribution in [0.25, 0.3) is 0 Å². The zero-order valence-corrected chi connectivity index (χ0v) is 11.7. The Bertz CT molecular complexity index is 323. The number of nitrogens with two attached hydrogens (primary N) is 1. The number of carbonyl (C=O) groups excluding carboxylic acids is 1. The molecule has 3 N–H and O–H groups in total. The third kappa shape index (κ3) is 3.02. The van der Waals surface area contributed by atoms with E-state index in [-0.39, 0.29) is 28.6 Å². The quantitative estimate of drug-likeness (QED) is 0.738. The van der Waals surface area contributed by atoms with Crippen molar-refractivity contribution in [3.8, 4) is 0 Å². The molecular formula is C10H19BrN4O2. The molecule has 1 unspecified atom stereocenters. The number of carbonyl (C=O) groups is 1. The molecule has 98 valence electrons. The Morgan fingerprint density at radius 1 is 1.65 bits per heavy atom. The summed E-state index contributed by atoms with van der Waals surface area (Å²) < 4.78 is 4.98. The summed E-state index contributed by atoms with van der Waals surface area (Å²) in [7, 11) is 0. The molecule has 0 aromatic carbocycles. The van der Waals surface area contributed by atoms with Crippen LogP contribution >= 0.6 is 17.0 Å². The fraction of sp³-hybridized carbons (Fsp3) is 0.800. The topological polar surface area (TPSA) is 80.0 Å². The predicted molar refractivity (Wildman–Crippen MR) is 70.5 cm³/mol. The van der Waals surface area contributed by atoms with Crippen molar-refractivity contribution in [3.05, 3.63) is 0 Å². The van der Waals surface area contributed by atoms with Crippen LogP contribution in [0.2, 0.25) is 0 Å². The lowest BCUT2D eigenvalue weighted by molar-refractivity contribution is 0.113. The highest BCUT2D eigenvalue weighted by Crippen LogP contribution is 2.30. The summed E-state index contributed by atoms with van der Waals surface area (Å²) in [6, 6.07) is 0. The zero-order valence-electron chi connectivity index (χ0n) is 9.94. The van der Waals surface area contributed by atoms with Gasteiger partial charge >= 0.3 is 6.09 Å². The van der Waals surface area contributed by atoms with Gasteiger partial charge in [0.25, 0.3) is 0 Å². The minimum Gasteiger partial charge on any atom is -0.450 e. The van der Waals surface area contributed by atoms with E-state index in [1.165, 1.54) is 0 Å². The van der Waals surface area contributed by atoms with Crippen molar-refractivity contribution in [2.75, 3.05) is 26.2 Å². The first kappa shape index (κ1) is 14.1. The molecule has 1 saturated heterocycles. The fourth-order valence-electron chi connectivity index (χ4n) is 2.30. The van der Waals surface area contributed by atoms with Crippen molar-refractivity contribution >= 4 is 29.0 Å². The van der Waals surface area contributed by atoms with Gasteiger partial charge in [0.1, 0.15) is 0 Å². The summed E-state index contributed by atoms with van der Waals surface area (Å²) in [6.07, 6.45) is 1.55. The standard InChI is InChI=1S/C10H18N4O2.BrH/c1-2-16-9(15)14-6-4-10(7-14)3-5-12-8(11)13-10;/h2-7H2,1H3,(H3,11,12,13);1H. The number of ether oxygens (including phenoxy) is 1. The molecule has 1 spiro atoms. The molecule has 1 atom stereocenters. The largest absolute Gasteiger partial charge is 0.450 e. The first-order chi connectivity index (χ1) is 7.65. The van der Waals surface area contributed by atoms with E-state index in [1.54, 1.807) is 4.90 Å². The minimum atomic E-state index is -0.244. The van der Waals surface area contributed by atoms with E-state index in [9.17, 15) is 4.79 Å². The number of halogens is 1. The lowest BCUT2D eigenvalue weighted by atomic mass is 9.94. The average molecular weight is 307 g/mol. The Kier molecular flexibility index (Phi) is 4.62. The molecule has 1 amide bonds. The number of rotatable bonds is 1. The predicted octanol–water partition coefficient (Wildman–Crippen LogP) is 0.473. The van der Waals surface area contributed by atoms with E-state index in [0.717, 1.165) is 19.4 Å². The van der Waals surface area contributed by atoms with E-state index in [2.05, 4.69) is 10.3 Å². The van der Waals surface area contributed by atoms with Crippen LogP contribution < -0.4 is 11.1 Å². The van der Waals surface area contributed by atoms with Crippen LogP contribution in [-0.4, -0.2) is 48.7 Å². The Hall–Kier alpha value is -0.980. The normalized spacial score (nSPS) is 27.1. The van der Waals surface area contributed by atoms with Crippen molar-refractivity contribution in [1.29, 1.82) is 0 Å². The van der Waals surface area contributed by atoms with Gasteiger partial charge in [0.05, 0.1) is 12.1 Å². The maximum absolute atomic E-state index is 11.6. The summed E-state index contributed by atoms with van der Waals surface area (Å²) in [5.74, 6) is 0.483. The fourth-order valence-corrected chi connectivity index (χ4v) is 2.30. The molecule has 2 heterocycles. The molecule has 0 bridgehead atoms. The van der Waals surface area contributed by atoms with Crippen LogP contribution in [0.4, 0.5) is 4.79 Å². The van der Waals surface area contributed by atoms with Gasteiger partial charge in [-0.05, 0) is 19.8 Å². The minimum absolute atomic E-state index is 0. The van der Waals surface area contributed by atoms with Gasteiger partial charge in [-0.15, -0.1) is 17.0 Å². The molecule has 1 fully saturated rings. The van der Waals surface area contributed by atoms with Crippen LogP contribution in [0.5, 0.6) is 0 Å². The molecule has 6 nitrogen and oxygen atoms in total. The number of guanidine groups is 1. The Morgan fingerprint density at radius 2 is 2.41 bits per heavy atom. The van der Waals surface area contributed by atoms with Crippen LogP contribution in [0.15, 0.2) is 4.99 Å². The smallest absolute Gasteiger partial charge is 0.409 e. The monoisotopic (exact) mass is 306 g/mol. The second-order valence-corrected chi connectivity index (χ2v) is 4.27. The third-order valence-corrected chi connectivity index (χ3v) is 3.11. The van der Waals surface area contributed by atoms with Crippen LogP contribution in [0, 0.1) is 0 Å². The summed E-state index contributed by atoms with van der Waals surface area (Å²) in [4.78, 5) is 17.7. The first-order valence-electron chi connectivity index (χ1n) is 5.66. The van der Waals surface area contributed by atoms with E-state index in [1.807, 2.05) is 6.92 Å². The van der Waals surface area contributed by atoms with Gasteiger partial charge in [-0.3, -0.25) is 0 Å². The Labute approximate surface area is 111 Å².